The lowest BCUT2D eigenvalue weighted by atomic mass is 10.0. The van der Waals surface area contributed by atoms with Crippen molar-refractivity contribution in [2.45, 2.75) is 52.5 Å². The van der Waals surface area contributed by atoms with E-state index >= 15 is 0 Å². The van der Waals surface area contributed by atoms with Crippen LogP contribution in [-0.4, -0.2) is 34.6 Å². The number of hydrogen-bond acceptors (Lipinski definition) is 4. The molecule has 1 aromatic heterocycles. The average molecular weight is 381 g/mol. The Hall–Kier alpha value is -2.89. The van der Waals surface area contributed by atoms with Crippen LogP contribution in [-0.2, 0) is 0 Å². The Morgan fingerprint density at radius 1 is 1.25 bits per heavy atom. The molecule has 0 aliphatic carbocycles. The molecule has 148 valence electrons. The van der Waals surface area contributed by atoms with Crippen LogP contribution >= 0.6 is 0 Å². The van der Waals surface area contributed by atoms with Crippen molar-refractivity contribution in [1.29, 1.82) is 0 Å². The van der Waals surface area contributed by atoms with Gasteiger partial charge in [-0.25, -0.2) is 9.78 Å². The first-order valence-corrected chi connectivity index (χ1v) is 9.70. The fraction of sp³-hybridized carbons (Fsp3) is 0.409. The minimum Gasteiger partial charge on any atom is -0.478 e. The number of aromatic nitrogens is 1. The van der Waals surface area contributed by atoms with Crippen LogP contribution in [0.4, 0.5) is 11.5 Å². The molecule has 6 nitrogen and oxygen atoms in total. The molecule has 0 unspecified atom stereocenters. The smallest absolute Gasteiger partial charge is 0.335 e. The Balaban J connectivity index is 1.88. The highest BCUT2D eigenvalue weighted by atomic mass is 16.4. The molecule has 1 saturated heterocycles. The lowest BCUT2D eigenvalue weighted by Gasteiger charge is -2.26. The van der Waals surface area contributed by atoms with Crippen molar-refractivity contribution in [3.05, 3.63) is 52.7 Å². The highest BCUT2D eigenvalue weighted by Crippen LogP contribution is 2.31. The number of nitrogens with one attached hydrogen (secondary N) is 1. The van der Waals surface area contributed by atoms with Gasteiger partial charge in [-0.05, 0) is 68.0 Å². The van der Waals surface area contributed by atoms with Gasteiger partial charge >= 0.3 is 5.97 Å². The maximum atomic E-state index is 12.8. The predicted molar refractivity (Wildman–Crippen MR) is 110 cm³/mol. The van der Waals surface area contributed by atoms with Crippen molar-refractivity contribution in [3.63, 3.8) is 0 Å². The number of rotatable bonds is 5. The molecule has 0 saturated carbocycles. The summed E-state index contributed by atoms with van der Waals surface area (Å²) in [5.41, 5.74) is 2.88. The van der Waals surface area contributed by atoms with Crippen LogP contribution < -0.4 is 10.2 Å². The number of aryl methyl sites for hydroxylation is 1. The van der Waals surface area contributed by atoms with E-state index in [0.717, 1.165) is 30.8 Å². The molecule has 2 heterocycles. The van der Waals surface area contributed by atoms with Gasteiger partial charge in [0.25, 0.3) is 5.91 Å². The molecule has 0 bridgehead atoms. The van der Waals surface area contributed by atoms with Gasteiger partial charge in [-0.15, -0.1) is 0 Å². The zero-order valence-corrected chi connectivity index (χ0v) is 16.8. The van der Waals surface area contributed by atoms with E-state index in [1.54, 1.807) is 25.1 Å². The molecule has 0 spiro atoms. The fourth-order valence-corrected chi connectivity index (χ4v) is 3.69. The lowest BCUT2D eigenvalue weighted by molar-refractivity contribution is 0.0696. The second-order valence-electron chi connectivity index (χ2n) is 7.74. The Morgan fingerprint density at radius 2 is 2.00 bits per heavy atom. The number of hydrogen-bond donors (Lipinski definition) is 2. The number of aromatic carboxylic acids is 1. The van der Waals surface area contributed by atoms with Crippen molar-refractivity contribution in [3.8, 4) is 0 Å². The van der Waals surface area contributed by atoms with Gasteiger partial charge < -0.3 is 15.3 Å². The Kier molecular flexibility index (Phi) is 5.68. The monoisotopic (exact) mass is 381 g/mol. The number of pyridine rings is 1. The molecule has 1 aliphatic rings. The van der Waals surface area contributed by atoms with E-state index < -0.39 is 5.97 Å². The first kappa shape index (κ1) is 19.9. The molecule has 1 aromatic carbocycles. The fourth-order valence-electron chi connectivity index (χ4n) is 3.69. The van der Waals surface area contributed by atoms with Crippen LogP contribution in [0.2, 0.25) is 0 Å². The molecule has 3 rings (SSSR count). The van der Waals surface area contributed by atoms with E-state index in [2.05, 4.69) is 31.0 Å². The third-order valence-electron chi connectivity index (χ3n) is 5.30. The van der Waals surface area contributed by atoms with Crippen LogP contribution in [0.1, 0.15) is 71.5 Å². The van der Waals surface area contributed by atoms with Crippen molar-refractivity contribution in [1.82, 2.24) is 4.98 Å². The van der Waals surface area contributed by atoms with Crippen LogP contribution in [0.25, 0.3) is 0 Å². The number of carbonyl (C=O) groups is 2. The van der Waals surface area contributed by atoms with Crippen molar-refractivity contribution < 1.29 is 14.7 Å². The Morgan fingerprint density at radius 3 is 2.57 bits per heavy atom. The van der Waals surface area contributed by atoms with Gasteiger partial charge in [-0.2, -0.15) is 0 Å². The minimum absolute atomic E-state index is 0.225. The Labute approximate surface area is 165 Å². The number of carboxylic acid groups (broad SMARTS) is 1. The van der Waals surface area contributed by atoms with Gasteiger partial charge in [0, 0.05) is 18.3 Å². The molecule has 1 aliphatic heterocycles. The van der Waals surface area contributed by atoms with Gasteiger partial charge in [0.05, 0.1) is 5.56 Å². The van der Waals surface area contributed by atoms with Crippen LogP contribution in [0, 0.1) is 6.92 Å². The third-order valence-corrected chi connectivity index (χ3v) is 5.30. The molecule has 6 heteroatoms. The van der Waals surface area contributed by atoms with Gasteiger partial charge in [-0.3, -0.25) is 4.79 Å². The summed E-state index contributed by atoms with van der Waals surface area (Å²) < 4.78 is 0. The molecule has 1 amide bonds. The van der Waals surface area contributed by atoms with E-state index in [0.29, 0.717) is 28.9 Å². The van der Waals surface area contributed by atoms with Crippen LogP contribution in [0.3, 0.4) is 0 Å². The zero-order valence-electron chi connectivity index (χ0n) is 16.8. The number of nitrogens with zero attached hydrogens (tertiary/aromatic N) is 2. The van der Waals surface area contributed by atoms with Gasteiger partial charge in [0.1, 0.15) is 11.5 Å². The number of carbonyl (C=O) groups excluding carboxylic acids is 1. The van der Waals surface area contributed by atoms with E-state index in [1.807, 2.05) is 6.07 Å². The second-order valence-corrected chi connectivity index (χ2v) is 7.74. The molecule has 0 radical (unpaired) electrons. The Bertz CT molecular complexity index is 908. The number of anilines is 2. The largest absolute Gasteiger partial charge is 0.478 e. The lowest BCUT2D eigenvalue weighted by Crippen LogP contribution is -2.29. The molecule has 1 atom stereocenters. The van der Waals surface area contributed by atoms with Crippen molar-refractivity contribution in [2.24, 2.45) is 0 Å². The number of amides is 1. The first-order chi connectivity index (χ1) is 13.3. The van der Waals surface area contributed by atoms with E-state index in [9.17, 15) is 9.59 Å². The summed E-state index contributed by atoms with van der Waals surface area (Å²) >= 11 is 0. The SMILES string of the molecule is Cc1cc(NC(=O)c2ccc(C(C)C)c(N3CCC[C@@H]3C)n2)ccc1C(=O)O. The quantitative estimate of drug-likeness (QED) is 0.799. The molecule has 2 aromatic rings. The van der Waals surface area contributed by atoms with E-state index in [-0.39, 0.29) is 11.5 Å². The minimum atomic E-state index is -0.981. The normalized spacial score (nSPS) is 16.5. The molecular formula is C22H27N3O3. The van der Waals surface area contributed by atoms with E-state index in [1.165, 1.54) is 6.07 Å². The average Bonchev–Trinajstić information content (AvgIpc) is 3.06. The maximum absolute atomic E-state index is 12.8. The van der Waals surface area contributed by atoms with Crippen molar-refractivity contribution >= 4 is 23.4 Å². The zero-order chi connectivity index (χ0) is 20.4. The molecule has 2 N–H and O–H groups in total. The van der Waals surface area contributed by atoms with Gasteiger partial charge in [0.2, 0.25) is 0 Å². The van der Waals surface area contributed by atoms with Crippen LogP contribution in [0.15, 0.2) is 30.3 Å². The molecular weight excluding hydrogens is 354 g/mol. The number of carboxylic acids is 1. The standard InChI is InChI=1S/C22H27N3O3/c1-13(2)17-9-10-19(24-20(17)25-11-5-6-15(25)4)21(26)23-16-7-8-18(22(27)28)14(3)12-16/h7-10,12-13,15H,5-6,11H2,1-4H3,(H,23,26)(H,27,28)/t15-/m0/s1. The van der Waals surface area contributed by atoms with E-state index in [4.69, 9.17) is 10.1 Å². The number of benzene rings is 1. The topological polar surface area (TPSA) is 82.5 Å². The summed E-state index contributed by atoms with van der Waals surface area (Å²) in [6, 6.07) is 8.92. The summed E-state index contributed by atoms with van der Waals surface area (Å²) in [6.07, 6.45) is 2.26. The molecule has 28 heavy (non-hydrogen) atoms. The van der Waals surface area contributed by atoms with Gasteiger partial charge in [0.15, 0.2) is 0 Å². The highest BCUT2D eigenvalue weighted by Gasteiger charge is 2.26. The molecule has 1 fully saturated rings. The summed E-state index contributed by atoms with van der Waals surface area (Å²) in [7, 11) is 0. The summed E-state index contributed by atoms with van der Waals surface area (Å²) in [5, 5.41) is 12.0. The summed E-state index contributed by atoms with van der Waals surface area (Å²) in [6.45, 7) is 9.12. The first-order valence-electron chi connectivity index (χ1n) is 9.70. The highest BCUT2D eigenvalue weighted by molar-refractivity contribution is 6.03. The van der Waals surface area contributed by atoms with Gasteiger partial charge in [-0.1, -0.05) is 19.9 Å². The predicted octanol–water partition coefficient (Wildman–Crippen LogP) is 4.45. The van der Waals surface area contributed by atoms with Crippen molar-refractivity contribution in [2.75, 3.05) is 16.8 Å². The third kappa shape index (κ3) is 4.01. The van der Waals surface area contributed by atoms with Crippen LogP contribution in [0.5, 0.6) is 0 Å². The maximum Gasteiger partial charge on any atom is 0.335 e. The summed E-state index contributed by atoms with van der Waals surface area (Å²) in [4.78, 5) is 30.9. The summed E-state index contributed by atoms with van der Waals surface area (Å²) in [5.74, 6) is -0.0692. The second kappa shape index (κ2) is 8.00.